The molecule has 2 aromatic rings. The zero-order valence-corrected chi connectivity index (χ0v) is 14.3. The predicted molar refractivity (Wildman–Crippen MR) is 93.5 cm³/mol. The number of benzene rings is 2. The quantitative estimate of drug-likeness (QED) is 0.892. The minimum atomic E-state index is -0.547. The Hall–Kier alpha value is -3.09. The van der Waals surface area contributed by atoms with E-state index in [-0.39, 0.29) is 18.1 Å². The molecule has 1 N–H and O–H groups in total. The minimum absolute atomic E-state index is 0.0983. The van der Waals surface area contributed by atoms with Crippen LogP contribution in [-0.2, 0) is 16.1 Å². The zero-order valence-electron chi connectivity index (χ0n) is 14.3. The van der Waals surface area contributed by atoms with E-state index < -0.39 is 12.2 Å². The smallest absolute Gasteiger partial charge is 0.407 e. The Morgan fingerprint density at radius 2 is 1.88 bits per heavy atom. The predicted octanol–water partition coefficient (Wildman–Crippen LogP) is 2.87. The topological polar surface area (TPSA) is 67.9 Å². The Balaban J connectivity index is 1.58. The van der Waals surface area contributed by atoms with Crippen LogP contribution in [0, 0.1) is 5.82 Å². The number of rotatable bonds is 5. The molecule has 136 valence electrons. The lowest BCUT2D eigenvalue weighted by Crippen LogP contribution is -2.29. The van der Waals surface area contributed by atoms with Crippen LogP contribution in [0.5, 0.6) is 5.75 Å². The molecule has 0 spiro atoms. The van der Waals surface area contributed by atoms with Crippen LogP contribution in [0.2, 0.25) is 0 Å². The van der Waals surface area contributed by atoms with E-state index >= 15 is 0 Å². The van der Waals surface area contributed by atoms with Crippen LogP contribution in [0.25, 0.3) is 0 Å². The van der Waals surface area contributed by atoms with Crippen LogP contribution < -0.4 is 15.0 Å². The van der Waals surface area contributed by atoms with Crippen LogP contribution >= 0.6 is 0 Å². The van der Waals surface area contributed by atoms with Crippen LogP contribution in [0.4, 0.5) is 14.9 Å². The largest absolute Gasteiger partial charge is 0.489 e. The van der Waals surface area contributed by atoms with Gasteiger partial charge in [0.1, 0.15) is 24.3 Å². The first-order chi connectivity index (χ1) is 12.5. The summed E-state index contributed by atoms with van der Waals surface area (Å²) in [5.74, 6) is 0.258. The van der Waals surface area contributed by atoms with Crippen molar-refractivity contribution in [2.75, 3.05) is 18.5 Å². The Labute approximate surface area is 150 Å². The monoisotopic (exact) mass is 358 g/mol. The molecule has 1 atom stereocenters. The van der Waals surface area contributed by atoms with E-state index in [1.807, 2.05) is 0 Å². The molecule has 6 nitrogen and oxygen atoms in total. The summed E-state index contributed by atoms with van der Waals surface area (Å²) in [4.78, 5) is 25.0. The second-order valence-electron chi connectivity index (χ2n) is 5.89. The van der Waals surface area contributed by atoms with E-state index in [0.717, 1.165) is 5.56 Å². The molecule has 1 heterocycles. The summed E-state index contributed by atoms with van der Waals surface area (Å²) in [7, 11) is 1.47. The number of amides is 2. The summed E-state index contributed by atoms with van der Waals surface area (Å²) in [5.41, 5.74) is 1.58. The lowest BCUT2D eigenvalue weighted by molar-refractivity contribution is -0.117. The van der Waals surface area contributed by atoms with E-state index in [2.05, 4.69) is 5.32 Å². The third-order valence-electron chi connectivity index (χ3n) is 4.03. The third kappa shape index (κ3) is 4.30. The van der Waals surface area contributed by atoms with Gasteiger partial charge in [0.05, 0.1) is 13.0 Å². The molecule has 2 aromatic carbocycles. The molecule has 0 radical (unpaired) electrons. The van der Waals surface area contributed by atoms with E-state index in [1.165, 1.54) is 19.2 Å². The number of halogens is 1. The number of nitrogens with zero attached hydrogens (tertiary/aromatic N) is 1. The molecule has 0 aromatic heterocycles. The maximum Gasteiger partial charge on any atom is 0.407 e. The van der Waals surface area contributed by atoms with Gasteiger partial charge in [-0.2, -0.15) is 0 Å². The van der Waals surface area contributed by atoms with Crippen LogP contribution in [-0.4, -0.2) is 31.7 Å². The van der Waals surface area contributed by atoms with Crippen molar-refractivity contribution < 1.29 is 23.5 Å². The maximum absolute atomic E-state index is 12.9. The molecule has 1 saturated heterocycles. The van der Waals surface area contributed by atoms with Crippen molar-refractivity contribution in [2.24, 2.45) is 0 Å². The Bertz CT molecular complexity index is 777. The lowest BCUT2D eigenvalue weighted by atomic mass is 10.2. The van der Waals surface area contributed by atoms with Crippen LogP contribution in [0.3, 0.4) is 0 Å². The fourth-order valence-electron chi connectivity index (χ4n) is 2.68. The number of alkyl carbamates (subject to hydrolysis) is 1. The standard InChI is InChI=1S/C19H19FN2O4/c1-21-19(24)26-17-10-18(23)22(11-17)15-6-8-16(9-7-15)25-12-13-2-4-14(20)5-3-13/h2-9,17H,10-12H2,1H3,(H,21,24). The summed E-state index contributed by atoms with van der Waals surface area (Å²) in [6.07, 6.45) is -0.845. The van der Waals surface area contributed by atoms with E-state index in [0.29, 0.717) is 24.6 Å². The summed E-state index contributed by atoms with van der Waals surface area (Å²) < 4.78 is 23.7. The van der Waals surface area contributed by atoms with Crippen molar-refractivity contribution in [3.8, 4) is 5.75 Å². The van der Waals surface area contributed by atoms with Crippen molar-refractivity contribution in [1.82, 2.24) is 5.32 Å². The summed E-state index contributed by atoms with van der Waals surface area (Å²) in [5, 5.41) is 2.37. The normalized spacial score (nSPS) is 16.5. The van der Waals surface area contributed by atoms with Gasteiger partial charge >= 0.3 is 6.09 Å². The molecule has 0 saturated carbocycles. The Kier molecular flexibility index (Phi) is 5.36. The molecule has 7 heteroatoms. The van der Waals surface area contributed by atoms with Gasteiger partial charge in [0.2, 0.25) is 5.91 Å². The minimum Gasteiger partial charge on any atom is -0.489 e. The van der Waals surface area contributed by atoms with Gasteiger partial charge in [-0.25, -0.2) is 9.18 Å². The summed E-state index contributed by atoms with van der Waals surface area (Å²) in [6, 6.07) is 13.2. The van der Waals surface area contributed by atoms with Crippen molar-refractivity contribution >= 4 is 17.7 Å². The van der Waals surface area contributed by atoms with E-state index in [1.54, 1.807) is 41.3 Å². The Morgan fingerprint density at radius 3 is 2.54 bits per heavy atom. The van der Waals surface area contributed by atoms with Crippen LogP contribution in [0.15, 0.2) is 48.5 Å². The average molecular weight is 358 g/mol. The third-order valence-corrected chi connectivity index (χ3v) is 4.03. The number of nitrogens with one attached hydrogen (secondary N) is 1. The number of anilines is 1. The zero-order chi connectivity index (χ0) is 18.5. The fraction of sp³-hybridized carbons (Fsp3) is 0.263. The van der Waals surface area contributed by atoms with Crippen molar-refractivity contribution in [3.05, 3.63) is 59.9 Å². The molecule has 1 aliphatic rings. The van der Waals surface area contributed by atoms with Gasteiger partial charge in [0.15, 0.2) is 0 Å². The average Bonchev–Trinajstić information content (AvgIpc) is 3.01. The van der Waals surface area contributed by atoms with E-state index in [9.17, 15) is 14.0 Å². The van der Waals surface area contributed by atoms with Gasteiger partial charge in [-0.05, 0) is 42.0 Å². The summed E-state index contributed by atoms with van der Waals surface area (Å²) in [6.45, 7) is 0.645. The molecule has 1 unspecified atom stereocenters. The second-order valence-corrected chi connectivity index (χ2v) is 5.89. The van der Waals surface area contributed by atoms with Gasteiger partial charge in [0, 0.05) is 12.7 Å². The van der Waals surface area contributed by atoms with Crippen molar-refractivity contribution in [1.29, 1.82) is 0 Å². The number of carbonyl (C=O) groups excluding carboxylic acids is 2. The number of ether oxygens (including phenoxy) is 2. The number of hydrogen-bond donors (Lipinski definition) is 1. The van der Waals surface area contributed by atoms with E-state index in [4.69, 9.17) is 9.47 Å². The summed E-state index contributed by atoms with van der Waals surface area (Å²) >= 11 is 0. The van der Waals surface area contributed by atoms with Gasteiger partial charge in [-0.1, -0.05) is 12.1 Å². The molecular formula is C19H19FN2O4. The van der Waals surface area contributed by atoms with Gasteiger partial charge < -0.3 is 19.7 Å². The molecule has 1 fully saturated rings. The Morgan fingerprint density at radius 1 is 1.19 bits per heavy atom. The number of carbonyl (C=O) groups is 2. The first-order valence-corrected chi connectivity index (χ1v) is 8.21. The first kappa shape index (κ1) is 17.7. The van der Waals surface area contributed by atoms with Gasteiger partial charge in [0.25, 0.3) is 0 Å². The highest BCUT2D eigenvalue weighted by molar-refractivity contribution is 5.96. The highest BCUT2D eigenvalue weighted by atomic mass is 19.1. The van der Waals surface area contributed by atoms with Crippen molar-refractivity contribution in [3.63, 3.8) is 0 Å². The second kappa shape index (κ2) is 7.86. The number of hydrogen-bond acceptors (Lipinski definition) is 4. The van der Waals surface area contributed by atoms with Gasteiger partial charge in [-0.3, -0.25) is 4.79 Å². The molecular weight excluding hydrogens is 339 g/mol. The fourth-order valence-corrected chi connectivity index (χ4v) is 2.68. The highest BCUT2D eigenvalue weighted by Gasteiger charge is 2.33. The maximum atomic E-state index is 12.9. The van der Waals surface area contributed by atoms with Crippen LogP contribution in [0.1, 0.15) is 12.0 Å². The molecule has 26 heavy (non-hydrogen) atoms. The highest BCUT2D eigenvalue weighted by Crippen LogP contribution is 2.25. The molecule has 1 aliphatic heterocycles. The van der Waals surface area contributed by atoms with Crippen molar-refractivity contribution in [2.45, 2.75) is 19.1 Å². The SMILES string of the molecule is CNC(=O)OC1CC(=O)N(c2ccc(OCc3ccc(F)cc3)cc2)C1. The molecule has 0 aliphatic carbocycles. The van der Waals surface area contributed by atoms with Gasteiger partial charge in [-0.15, -0.1) is 0 Å². The molecule has 3 rings (SSSR count). The molecule has 0 bridgehead atoms. The molecule has 2 amide bonds. The lowest BCUT2D eigenvalue weighted by Gasteiger charge is -2.17. The first-order valence-electron chi connectivity index (χ1n) is 8.21.